The van der Waals surface area contributed by atoms with Crippen LogP contribution in [0.5, 0.6) is 11.5 Å². The summed E-state index contributed by atoms with van der Waals surface area (Å²) < 4.78 is 37.7. The van der Waals surface area contributed by atoms with Gasteiger partial charge in [0.15, 0.2) is 5.13 Å². The fourth-order valence-electron chi connectivity index (χ4n) is 3.51. The van der Waals surface area contributed by atoms with E-state index in [-0.39, 0.29) is 10.5 Å². The molecule has 0 radical (unpaired) electrons. The molecule has 2 heterocycles. The maximum absolute atomic E-state index is 12.8. The van der Waals surface area contributed by atoms with Crippen LogP contribution in [-0.4, -0.2) is 50.9 Å². The second-order valence-electron chi connectivity index (χ2n) is 7.20. The van der Waals surface area contributed by atoms with Gasteiger partial charge in [0.25, 0.3) is 5.91 Å². The molecule has 1 amide bonds. The van der Waals surface area contributed by atoms with Crippen LogP contribution < -0.4 is 14.8 Å². The summed E-state index contributed by atoms with van der Waals surface area (Å²) in [6.07, 6.45) is 1.70. The molecule has 168 valence electrons. The Morgan fingerprint density at radius 3 is 2.59 bits per heavy atom. The van der Waals surface area contributed by atoms with Crippen molar-refractivity contribution in [1.82, 2.24) is 9.29 Å². The lowest BCUT2D eigenvalue weighted by Gasteiger charge is -2.15. The lowest BCUT2D eigenvalue weighted by Crippen LogP contribution is -2.28. The number of nitrogens with one attached hydrogen (secondary N) is 1. The number of carbonyl (C=O) groups excluding carboxylic acids is 1. The number of methoxy groups -OCH3 is 2. The summed E-state index contributed by atoms with van der Waals surface area (Å²) in [5, 5.41) is 4.95. The average Bonchev–Trinajstić information content (AvgIpc) is 3.51. The molecule has 2 aromatic carbocycles. The van der Waals surface area contributed by atoms with E-state index in [2.05, 4.69) is 10.3 Å². The molecule has 1 aliphatic heterocycles. The van der Waals surface area contributed by atoms with E-state index < -0.39 is 15.9 Å². The maximum Gasteiger partial charge on any atom is 0.257 e. The smallest absolute Gasteiger partial charge is 0.257 e. The molecular formula is C22H23N3O5S2. The number of thiazole rings is 1. The van der Waals surface area contributed by atoms with E-state index in [1.54, 1.807) is 43.9 Å². The molecule has 1 N–H and O–H groups in total. The molecule has 3 aromatic rings. The molecule has 1 fully saturated rings. The Labute approximate surface area is 190 Å². The number of ether oxygens (including phenoxy) is 2. The van der Waals surface area contributed by atoms with E-state index in [9.17, 15) is 13.2 Å². The van der Waals surface area contributed by atoms with Gasteiger partial charge in [-0.3, -0.25) is 10.1 Å². The predicted octanol–water partition coefficient (Wildman–Crippen LogP) is 3.86. The third-order valence-electron chi connectivity index (χ3n) is 5.21. The highest BCUT2D eigenvalue weighted by Gasteiger charge is 2.27. The van der Waals surface area contributed by atoms with Crippen LogP contribution in [0.15, 0.2) is 52.7 Å². The number of aromatic nitrogens is 1. The van der Waals surface area contributed by atoms with Gasteiger partial charge < -0.3 is 9.47 Å². The van der Waals surface area contributed by atoms with Crippen LogP contribution in [0.3, 0.4) is 0 Å². The van der Waals surface area contributed by atoms with Crippen molar-refractivity contribution in [2.75, 3.05) is 32.6 Å². The lowest BCUT2D eigenvalue weighted by atomic mass is 10.1. The van der Waals surface area contributed by atoms with Crippen molar-refractivity contribution in [1.29, 1.82) is 0 Å². The average molecular weight is 474 g/mol. The number of nitrogens with zero attached hydrogens (tertiary/aromatic N) is 2. The molecule has 1 aromatic heterocycles. The van der Waals surface area contributed by atoms with Crippen molar-refractivity contribution in [2.45, 2.75) is 17.7 Å². The quantitative estimate of drug-likeness (QED) is 0.560. The van der Waals surface area contributed by atoms with Crippen molar-refractivity contribution < 1.29 is 22.7 Å². The number of carbonyl (C=O) groups is 1. The Hall–Kier alpha value is -2.95. The number of benzene rings is 2. The van der Waals surface area contributed by atoms with Gasteiger partial charge in [0, 0.05) is 29.6 Å². The van der Waals surface area contributed by atoms with Crippen molar-refractivity contribution in [2.24, 2.45) is 0 Å². The highest BCUT2D eigenvalue weighted by atomic mass is 32.2. The first kappa shape index (κ1) is 22.3. The van der Waals surface area contributed by atoms with Gasteiger partial charge in [0.2, 0.25) is 10.0 Å². The first-order valence-electron chi connectivity index (χ1n) is 10.0. The Morgan fingerprint density at radius 2 is 1.88 bits per heavy atom. The monoisotopic (exact) mass is 473 g/mol. The first-order chi connectivity index (χ1) is 15.4. The van der Waals surface area contributed by atoms with E-state index >= 15 is 0 Å². The summed E-state index contributed by atoms with van der Waals surface area (Å²) in [6, 6.07) is 11.5. The lowest BCUT2D eigenvalue weighted by molar-refractivity contribution is 0.102. The van der Waals surface area contributed by atoms with Gasteiger partial charge in [-0.2, -0.15) is 4.31 Å². The molecule has 0 saturated carbocycles. The van der Waals surface area contributed by atoms with Gasteiger partial charge in [-0.1, -0.05) is 6.07 Å². The van der Waals surface area contributed by atoms with E-state index in [4.69, 9.17) is 9.47 Å². The van der Waals surface area contributed by atoms with Gasteiger partial charge >= 0.3 is 0 Å². The van der Waals surface area contributed by atoms with Crippen molar-refractivity contribution in [3.05, 3.63) is 53.4 Å². The summed E-state index contributed by atoms with van der Waals surface area (Å²) in [5.74, 6) is 0.867. The first-order valence-corrected chi connectivity index (χ1v) is 12.3. The molecule has 4 rings (SSSR count). The van der Waals surface area contributed by atoms with Crippen molar-refractivity contribution >= 4 is 32.4 Å². The van der Waals surface area contributed by atoms with Crippen LogP contribution >= 0.6 is 11.3 Å². The van der Waals surface area contributed by atoms with Crippen LogP contribution in [0, 0.1) is 0 Å². The molecule has 0 aliphatic carbocycles. The fourth-order valence-corrected chi connectivity index (χ4v) is 5.78. The van der Waals surface area contributed by atoms with Gasteiger partial charge in [-0.05, 0) is 49.2 Å². The second-order valence-corrected chi connectivity index (χ2v) is 9.99. The molecule has 1 saturated heterocycles. The molecule has 10 heteroatoms. The summed E-state index contributed by atoms with van der Waals surface area (Å²) in [7, 11) is -0.447. The van der Waals surface area contributed by atoms with Crippen LogP contribution in [0.1, 0.15) is 23.2 Å². The largest absolute Gasteiger partial charge is 0.497 e. The second kappa shape index (κ2) is 9.27. The predicted molar refractivity (Wildman–Crippen MR) is 123 cm³/mol. The van der Waals surface area contributed by atoms with Gasteiger partial charge in [-0.25, -0.2) is 13.4 Å². The summed E-state index contributed by atoms with van der Waals surface area (Å²) in [6.45, 7) is 1.02. The molecule has 0 unspecified atom stereocenters. The third kappa shape index (κ3) is 4.47. The van der Waals surface area contributed by atoms with Gasteiger partial charge in [-0.15, -0.1) is 11.3 Å². The number of anilines is 1. The molecule has 32 heavy (non-hydrogen) atoms. The fraction of sp³-hybridized carbons (Fsp3) is 0.273. The standard InChI is InChI=1S/C22H23N3O5S2/c1-29-16-8-9-20(30-2)18(13-16)19-14-31-22(23-19)24-21(26)15-6-5-7-17(12-15)32(27,28)25-10-3-4-11-25/h5-9,12-14H,3-4,10-11H2,1-2H3,(H,23,24,26). The summed E-state index contributed by atoms with van der Waals surface area (Å²) >= 11 is 1.26. The van der Waals surface area contributed by atoms with Crippen LogP contribution in [0.4, 0.5) is 5.13 Å². The number of amides is 1. The molecule has 0 bridgehead atoms. The van der Waals surface area contributed by atoms with E-state index in [1.165, 1.54) is 27.8 Å². The number of hydrogen-bond donors (Lipinski definition) is 1. The van der Waals surface area contributed by atoms with E-state index in [1.807, 2.05) is 6.07 Å². The zero-order valence-corrected chi connectivity index (χ0v) is 19.3. The zero-order valence-electron chi connectivity index (χ0n) is 17.7. The zero-order chi connectivity index (χ0) is 22.7. The van der Waals surface area contributed by atoms with Crippen LogP contribution in [0.2, 0.25) is 0 Å². The van der Waals surface area contributed by atoms with Gasteiger partial charge in [0.1, 0.15) is 11.5 Å². The topological polar surface area (TPSA) is 97.8 Å². The SMILES string of the molecule is COc1ccc(OC)c(-c2csc(NC(=O)c3cccc(S(=O)(=O)N4CCCC4)c3)n2)c1. The normalized spacial score (nSPS) is 14.3. The van der Waals surface area contributed by atoms with E-state index in [0.717, 1.165) is 18.4 Å². The Balaban J connectivity index is 1.54. The Morgan fingerprint density at radius 1 is 1.09 bits per heavy atom. The molecule has 0 atom stereocenters. The highest BCUT2D eigenvalue weighted by Crippen LogP contribution is 2.35. The molecule has 1 aliphatic rings. The van der Waals surface area contributed by atoms with Crippen molar-refractivity contribution in [3.63, 3.8) is 0 Å². The summed E-state index contributed by atoms with van der Waals surface area (Å²) in [5.41, 5.74) is 1.62. The number of hydrogen-bond acceptors (Lipinski definition) is 7. The highest BCUT2D eigenvalue weighted by molar-refractivity contribution is 7.89. The minimum Gasteiger partial charge on any atom is -0.497 e. The Bertz CT molecular complexity index is 1230. The van der Waals surface area contributed by atoms with Gasteiger partial charge in [0.05, 0.1) is 24.8 Å². The maximum atomic E-state index is 12.8. The summed E-state index contributed by atoms with van der Waals surface area (Å²) in [4.78, 5) is 17.4. The minimum atomic E-state index is -3.60. The van der Waals surface area contributed by atoms with Crippen molar-refractivity contribution in [3.8, 4) is 22.8 Å². The third-order valence-corrected chi connectivity index (χ3v) is 7.86. The minimum absolute atomic E-state index is 0.119. The number of rotatable bonds is 7. The Kier molecular flexibility index (Phi) is 6.45. The molecule has 0 spiro atoms. The number of sulfonamides is 1. The van der Waals surface area contributed by atoms with E-state index in [0.29, 0.717) is 35.4 Å². The molecule has 8 nitrogen and oxygen atoms in total. The molecular weight excluding hydrogens is 450 g/mol. The van der Waals surface area contributed by atoms with Crippen LogP contribution in [-0.2, 0) is 10.0 Å². The van der Waals surface area contributed by atoms with Crippen LogP contribution in [0.25, 0.3) is 11.3 Å².